The molecule has 0 saturated heterocycles. The van der Waals surface area contributed by atoms with Crippen LogP contribution in [0.1, 0.15) is 33.7 Å². The molecule has 2 heterocycles. The number of fused-ring (bicyclic) bond motifs is 1. The molecule has 0 bridgehead atoms. The molecule has 0 radical (unpaired) electrons. The number of nitrogens with zero attached hydrogens (tertiary/aromatic N) is 3. The van der Waals surface area contributed by atoms with E-state index in [-0.39, 0.29) is 24.1 Å². The van der Waals surface area contributed by atoms with E-state index in [0.29, 0.717) is 15.9 Å². The van der Waals surface area contributed by atoms with Crippen molar-refractivity contribution in [1.82, 2.24) is 14.9 Å². The highest BCUT2D eigenvalue weighted by molar-refractivity contribution is 9.10. The SMILES string of the molecule is CCn1c(CNC(=O)c2ccccc2N(C)C(=O)c2ccc(Br)o2)nc2ccccc21. The molecule has 31 heavy (non-hydrogen) atoms. The third-order valence-electron chi connectivity index (χ3n) is 5.06. The number of nitrogens with one attached hydrogen (secondary N) is 1. The minimum absolute atomic E-state index is 0.182. The number of hydrogen-bond donors (Lipinski definition) is 1. The number of carbonyl (C=O) groups excluding carboxylic acids is 2. The number of aryl methyl sites for hydroxylation is 1. The van der Waals surface area contributed by atoms with Crippen molar-refractivity contribution in [2.75, 3.05) is 11.9 Å². The minimum Gasteiger partial charge on any atom is -0.444 e. The smallest absolute Gasteiger partial charge is 0.293 e. The molecule has 0 spiro atoms. The Kier molecular flexibility index (Phi) is 5.90. The molecular formula is C23H21BrN4O3. The van der Waals surface area contributed by atoms with E-state index in [9.17, 15) is 9.59 Å². The number of amides is 2. The van der Waals surface area contributed by atoms with Crippen LogP contribution in [-0.2, 0) is 13.1 Å². The number of imidazole rings is 1. The second-order valence-corrected chi connectivity index (χ2v) is 7.71. The van der Waals surface area contributed by atoms with E-state index in [4.69, 9.17) is 4.42 Å². The van der Waals surface area contributed by atoms with Crippen molar-refractivity contribution in [2.24, 2.45) is 0 Å². The monoisotopic (exact) mass is 480 g/mol. The molecule has 2 aromatic heterocycles. The number of para-hydroxylation sites is 3. The van der Waals surface area contributed by atoms with Crippen LogP contribution in [0.15, 0.2) is 69.8 Å². The molecule has 1 N–H and O–H groups in total. The molecule has 2 amide bonds. The summed E-state index contributed by atoms with van der Waals surface area (Å²) in [5.41, 5.74) is 2.80. The second kappa shape index (κ2) is 8.77. The highest BCUT2D eigenvalue weighted by Crippen LogP contribution is 2.23. The third-order valence-corrected chi connectivity index (χ3v) is 5.48. The zero-order valence-corrected chi connectivity index (χ0v) is 18.7. The molecule has 4 aromatic rings. The number of furan rings is 1. The van der Waals surface area contributed by atoms with Gasteiger partial charge in [-0.25, -0.2) is 4.98 Å². The van der Waals surface area contributed by atoms with Gasteiger partial charge in [0.2, 0.25) is 0 Å². The van der Waals surface area contributed by atoms with Crippen molar-refractivity contribution in [3.8, 4) is 0 Å². The first-order valence-corrected chi connectivity index (χ1v) is 10.6. The van der Waals surface area contributed by atoms with Crippen LogP contribution >= 0.6 is 15.9 Å². The maximum absolute atomic E-state index is 13.0. The van der Waals surface area contributed by atoms with Crippen molar-refractivity contribution < 1.29 is 14.0 Å². The van der Waals surface area contributed by atoms with Gasteiger partial charge in [-0.1, -0.05) is 24.3 Å². The van der Waals surface area contributed by atoms with Gasteiger partial charge in [0.15, 0.2) is 10.4 Å². The summed E-state index contributed by atoms with van der Waals surface area (Å²) in [6, 6.07) is 18.1. The van der Waals surface area contributed by atoms with E-state index in [1.807, 2.05) is 31.2 Å². The van der Waals surface area contributed by atoms with Crippen LogP contribution in [0, 0.1) is 0 Å². The topological polar surface area (TPSA) is 80.4 Å². The van der Waals surface area contributed by atoms with Gasteiger partial charge < -0.3 is 19.2 Å². The summed E-state index contributed by atoms with van der Waals surface area (Å²) in [6.45, 7) is 3.07. The maximum atomic E-state index is 13.0. The molecule has 0 saturated carbocycles. The number of aromatic nitrogens is 2. The minimum atomic E-state index is -0.348. The average Bonchev–Trinajstić information content (AvgIpc) is 3.39. The first-order chi connectivity index (χ1) is 15.0. The van der Waals surface area contributed by atoms with Gasteiger partial charge in [-0.05, 0) is 59.3 Å². The molecule has 158 valence electrons. The van der Waals surface area contributed by atoms with E-state index in [1.165, 1.54) is 4.90 Å². The van der Waals surface area contributed by atoms with E-state index < -0.39 is 0 Å². The molecular weight excluding hydrogens is 460 g/mol. The fraction of sp³-hybridized carbons (Fsp3) is 0.174. The van der Waals surface area contributed by atoms with Crippen LogP contribution in [0.3, 0.4) is 0 Å². The normalized spacial score (nSPS) is 10.9. The number of carbonyl (C=O) groups is 2. The summed E-state index contributed by atoms with van der Waals surface area (Å²) >= 11 is 3.20. The summed E-state index contributed by atoms with van der Waals surface area (Å²) < 4.78 is 7.90. The molecule has 2 aromatic carbocycles. The lowest BCUT2D eigenvalue weighted by Gasteiger charge is -2.19. The zero-order valence-electron chi connectivity index (χ0n) is 17.1. The van der Waals surface area contributed by atoms with Crippen molar-refractivity contribution in [3.05, 3.63) is 82.5 Å². The number of anilines is 1. The molecule has 0 aliphatic carbocycles. The van der Waals surface area contributed by atoms with Crippen molar-refractivity contribution >= 4 is 44.5 Å². The van der Waals surface area contributed by atoms with Crippen molar-refractivity contribution in [3.63, 3.8) is 0 Å². The van der Waals surface area contributed by atoms with Gasteiger partial charge in [0, 0.05) is 13.6 Å². The Hall–Kier alpha value is -3.39. The fourth-order valence-electron chi connectivity index (χ4n) is 3.53. The molecule has 0 atom stereocenters. The van der Waals surface area contributed by atoms with Crippen LogP contribution in [0.5, 0.6) is 0 Å². The van der Waals surface area contributed by atoms with E-state index in [0.717, 1.165) is 23.4 Å². The summed E-state index contributed by atoms with van der Waals surface area (Å²) in [5.74, 6) is 0.324. The molecule has 8 heteroatoms. The Morgan fingerprint density at radius 2 is 1.84 bits per heavy atom. The molecule has 7 nitrogen and oxygen atoms in total. The van der Waals surface area contributed by atoms with Crippen molar-refractivity contribution in [2.45, 2.75) is 20.0 Å². The van der Waals surface area contributed by atoms with Crippen molar-refractivity contribution in [1.29, 1.82) is 0 Å². The average molecular weight is 481 g/mol. The second-order valence-electron chi connectivity index (χ2n) is 6.93. The number of hydrogen-bond acceptors (Lipinski definition) is 4. The van der Waals surface area contributed by atoms with Crippen LogP contribution in [0.4, 0.5) is 5.69 Å². The molecule has 0 aliphatic rings. The predicted molar refractivity (Wildman–Crippen MR) is 122 cm³/mol. The van der Waals surface area contributed by atoms with Crippen LogP contribution < -0.4 is 10.2 Å². The van der Waals surface area contributed by atoms with Crippen LogP contribution in [0.2, 0.25) is 0 Å². The Bertz CT molecular complexity index is 1260. The lowest BCUT2D eigenvalue weighted by Crippen LogP contribution is -2.30. The quantitative estimate of drug-likeness (QED) is 0.436. The fourth-order valence-corrected chi connectivity index (χ4v) is 3.84. The lowest BCUT2D eigenvalue weighted by atomic mass is 10.1. The number of benzene rings is 2. The van der Waals surface area contributed by atoms with Gasteiger partial charge in [-0.2, -0.15) is 0 Å². The van der Waals surface area contributed by atoms with E-state index >= 15 is 0 Å². The van der Waals surface area contributed by atoms with Gasteiger partial charge in [0.25, 0.3) is 11.8 Å². The van der Waals surface area contributed by atoms with Crippen LogP contribution in [-0.4, -0.2) is 28.4 Å². The van der Waals surface area contributed by atoms with Gasteiger partial charge in [0.1, 0.15) is 5.82 Å². The largest absolute Gasteiger partial charge is 0.444 e. The van der Waals surface area contributed by atoms with Gasteiger partial charge in [-0.15, -0.1) is 0 Å². The number of halogens is 1. The van der Waals surface area contributed by atoms with E-state index in [2.05, 4.69) is 30.8 Å². The standard InChI is InChI=1S/C23H21BrN4O3/c1-3-28-18-11-7-5-9-16(18)26-21(28)14-25-22(29)15-8-4-6-10-17(15)27(2)23(30)19-12-13-20(24)31-19/h4-13H,3,14H2,1-2H3,(H,25,29). The zero-order chi connectivity index (χ0) is 22.0. The maximum Gasteiger partial charge on any atom is 0.293 e. The highest BCUT2D eigenvalue weighted by atomic mass is 79.9. The first-order valence-electron chi connectivity index (χ1n) is 9.84. The van der Waals surface area contributed by atoms with Gasteiger partial charge >= 0.3 is 0 Å². The third kappa shape index (κ3) is 4.11. The summed E-state index contributed by atoms with van der Waals surface area (Å²) in [7, 11) is 1.61. The Labute approximate surface area is 187 Å². The molecule has 4 rings (SSSR count). The van der Waals surface area contributed by atoms with Crippen LogP contribution in [0.25, 0.3) is 11.0 Å². The highest BCUT2D eigenvalue weighted by Gasteiger charge is 2.22. The predicted octanol–water partition coefficient (Wildman–Crippen LogP) is 4.62. The molecule has 0 unspecified atom stereocenters. The van der Waals surface area contributed by atoms with E-state index in [1.54, 1.807) is 43.4 Å². The van der Waals surface area contributed by atoms with Gasteiger partial charge in [-0.3, -0.25) is 9.59 Å². The van der Waals surface area contributed by atoms with Gasteiger partial charge in [0.05, 0.1) is 28.8 Å². The number of rotatable bonds is 6. The Morgan fingerprint density at radius 1 is 1.10 bits per heavy atom. The summed E-state index contributed by atoms with van der Waals surface area (Å²) in [4.78, 5) is 31.8. The Balaban J connectivity index is 1.55. The summed E-state index contributed by atoms with van der Waals surface area (Å²) in [6.07, 6.45) is 0. The summed E-state index contributed by atoms with van der Waals surface area (Å²) in [5, 5.41) is 2.94. The molecule has 0 fully saturated rings. The lowest BCUT2D eigenvalue weighted by molar-refractivity contribution is 0.0949. The molecule has 0 aliphatic heterocycles. The Morgan fingerprint density at radius 3 is 2.58 bits per heavy atom. The first kappa shape index (κ1) is 20.9.